The lowest BCUT2D eigenvalue weighted by Gasteiger charge is -2.63. The van der Waals surface area contributed by atoms with Crippen LogP contribution in [0.4, 0.5) is 0 Å². The van der Waals surface area contributed by atoms with E-state index in [0.29, 0.717) is 17.9 Å². The largest absolute Gasteiger partial charge is 0.413 e. The fourth-order valence-electron chi connectivity index (χ4n) is 7.19. The number of hydrogen-bond donors (Lipinski definition) is 1. The molecule has 0 amide bonds. The zero-order valence-corrected chi connectivity index (χ0v) is 22.0. The minimum absolute atomic E-state index is 0.177. The van der Waals surface area contributed by atoms with Crippen molar-refractivity contribution in [3.8, 4) is 0 Å². The van der Waals surface area contributed by atoms with Crippen LogP contribution >= 0.6 is 0 Å². The summed E-state index contributed by atoms with van der Waals surface area (Å²) >= 11 is 0. The minimum atomic E-state index is -1.61. The number of hydrogen-bond acceptors (Lipinski definition) is 2. The summed E-state index contributed by atoms with van der Waals surface area (Å²) in [5.41, 5.74) is 1.23. The Hall–Kier alpha value is -0.123. The van der Waals surface area contributed by atoms with E-state index < -0.39 is 13.9 Å². The average Bonchev–Trinajstić information content (AvgIpc) is 2.63. The van der Waals surface area contributed by atoms with E-state index in [0.717, 1.165) is 32.1 Å². The molecule has 0 saturated heterocycles. The quantitative estimate of drug-likeness (QED) is 0.320. The Balaban J connectivity index is 2.30. The van der Waals surface area contributed by atoms with Crippen LogP contribution in [-0.2, 0) is 4.43 Å². The summed E-state index contributed by atoms with van der Waals surface area (Å²) in [4.78, 5) is 0. The number of aliphatic hydroxyl groups is 1. The van der Waals surface area contributed by atoms with Crippen LogP contribution in [0.5, 0.6) is 0 Å². The first-order chi connectivity index (χ1) is 13.4. The molecule has 29 heavy (non-hydrogen) atoms. The van der Waals surface area contributed by atoms with Gasteiger partial charge in [-0.05, 0) is 100 Å². The first kappa shape index (κ1) is 25.1. The van der Waals surface area contributed by atoms with Gasteiger partial charge in [-0.25, -0.2) is 0 Å². The molecule has 3 heteroatoms. The van der Waals surface area contributed by atoms with Gasteiger partial charge in [0.25, 0.3) is 0 Å². The van der Waals surface area contributed by atoms with E-state index in [-0.39, 0.29) is 10.8 Å². The monoisotopic (exact) mass is 422 g/mol. The van der Waals surface area contributed by atoms with Crippen molar-refractivity contribution in [2.24, 2.45) is 22.7 Å². The Morgan fingerprint density at radius 3 is 2.10 bits per heavy atom. The highest BCUT2D eigenvalue weighted by molar-refractivity contribution is 6.73. The molecule has 0 heterocycles. The predicted octanol–water partition coefficient (Wildman–Crippen LogP) is 7.73. The summed E-state index contributed by atoms with van der Waals surface area (Å²) < 4.78 is 7.10. The standard InChI is InChI=1S/C26H50O2Si/c1-10-29(11-2,12-3)28-23-17-18-25(8)21(24(23,6)7)16-19-26(9,27)22(25)15-13-14-20(4)5/h14,21-23,27H,10-13,15-19H2,1-9H3/t21-,22+,23-,25-,26+/m0/s1. The smallest absolute Gasteiger partial charge is 0.192 e. The van der Waals surface area contributed by atoms with Gasteiger partial charge in [0.1, 0.15) is 0 Å². The van der Waals surface area contributed by atoms with Crippen molar-refractivity contribution < 1.29 is 9.53 Å². The molecule has 0 aliphatic heterocycles. The van der Waals surface area contributed by atoms with Crippen LogP contribution in [-0.4, -0.2) is 25.1 Å². The lowest BCUT2D eigenvalue weighted by Crippen LogP contribution is -2.62. The Kier molecular flexibility index (Phi) is 7.94. The molecule has 1 N–H and O–H groups in total. The van der Waals surface area contributed by atoms with Crippen LogP contribution < -0.4 is 0 Å². The van der Waals surface area contributed by atoms with Gasteiger partial charge >= 0.3 is 0 Å². The van der Waals surface area contributed by atoms with Crippen molar-refractivity contribution in [2.75, 3.05) is 0 Å². The molecule has 0 radical (unpaired) electrons. The second-order valence-corrected chi connectivity index (χ2v) is 16.3. The molecular formula is C26H50O2Si. The number of allylic oxidation sites excluding steroid dienone is 2. The molecule has 0 bridgehead atoms. The first-order valence-electron chi connectivity index (χ1n) is 12.4. The van der Waals surface area contributed by atoms with Crippen molar-refractivity contribution in [1.29, 1.82) is 0 Å². The minimum Gasteiger partial charge on any atom is -0.413 e. The van der Waals surface area contributed by atoms with Gasteiger partial charge in [0.2, 0.25) is 0 Å². The molecule has 0 spiro atoms. The summed E-state index contributed by atoms with van der Waals surface area (Å²) in [5, 5.41) is 11.4. The molecular weight excluding hydrogens is 372 g/mol. The van der Waals surface area contributed by atoms with Gasteiger partial charge in [-0.15, -0.1) is 0 Å². The topological polar surface area (TPSA) is 29.5 Å². The van der Waals surface area contributed by atoms with Gasteiger partial charge in [-0.3, -0.25) is 0 Å². The lowest BCUT2D eigenvalue weighted by atomic mass is 9.44. The van der Waals surface area contributed by atoms with Crippen molar-refractivity contribution in [3.63, 3.8) is 0 Å². The molecule has 0 aromatic rings. The molecule has 2 aliphatic rings. The molecule has 2 saturated carbocycles. The second-order valence-electron chi connectivity index (χ2n) is 11.6. The van der Waals surface area contributed by atoms with Gasteiger partial charge in [-0.2, -0.15) is 0 Å². The summed E-state index contributed by atoms with van der Waals surface area (Å²) in [6, 6.07) is 3.69. The van der Waals surface area contributed by atoms with E-state index in [1.54, 1.807) is 0 Å². The highest BCUT2D eigenvalue weighted by Gasteiger charge is 2.60. The summed E-state index contributed by atoms with van der Waals surface area (Å²) in [7, 11) is -1.61. The highest BCUT2D eigenvalue weighted by atomic mass is 28.4. The molecule has 0 aromatic heterocycles. The van der Waals surface area contributed by atoms with Gasteiger partial charge in [0, 0.05) is 0 Å². The summed E-state index contributed by atoms with van der Waals surface area (Å²) in [6.45, 7) is 21.0. The summed E-state index contributed by atoms with van der Waals surface area (Å²) in [5.74, 6) is 0.998. The van der Waals surface area contributed by atoms with E-state index in [2.05, 4.69) is 68.4 Å². The summed E-state index contributed by atoms with van der Waals surface area (Å²) in [6.07, 6.45) is 9.34. The van der Waals surface area contributed by atoms with Crippen LogP contribution in [0.1, 0.15) is 101 Å². The number of rotatable bonds is 8. The van der Waals surface area contributed by atoms with Gasteiger partial charge in [0.05, 0.1) is 11.7 Å². The molecule has 2 rings (SSSR count). The fourth-order valence-corrected chi connectivity index (χ4v) is 10.2. The zero-order valence-electron chi connectivity index (χ0n) is 21.0. The third kappa shape index (κ3) is 4.88. The van der Waals surface area contributed by atoms with Gasteiger partial charge < -0.3 is 9.53 Å². The van der Waals surface area contributed by atoms with Crippen molar-refractivity contribution in [2.45, 2.75) is 131 Å². The van der Waals surface area contributed by atoms with Crippen molar-refractivity contribution in [1.82, 2.24) is 0 Å². The normalized spacial score (nSPS) is 37.1. The van der Waals surface area contributed by atoms with Gasteiger partial charge in [-0.1, -0.05) is 53.2 Å². The van der Waals surface area contributed by atoms with Crippen molar-refractivity contribution >= 4 is 8.32 Å². The SMILES string of the molecule is CC[Si](CC)(CC)O[C@H]1CC[C@]2(C)[C@@H](CCC=C(C)C)[C@](C)(O)CC[C@H]2C1(C)C. The van der Waals surface area contributed by atoms with Crippen LogP contribution in [0.15, 0.2) is 11.6 Å². The van der Waals surface area contributed by atoms with Crippen LogP contribution in [0, 0.1) is 22.7 Å². The molecule has 0 aromatic carbocycles. The van der Waals surface area contributed by atoms with E-state index in [9.17, 15) is 5.11 Å². The molecule has 2 nitrogen and oxygen atoms in total. The molecule has 0 unspecified atom stereocenters. The van der Waals surface area contributed by atoms with Crippen LogP contribution in [0.25, 0.3) is 0 Å². The highest BCUT2D eigenvalue weighted by Crippen LogP contribution is 2.63. The maximum absolute atomic E-state index is 11.4. The molecule has 2 fully saturated rings. The van der Waals surface area contributed by atoms with Gasteiger partial charge in [0.15, 0.2) is 8.32 Å². The average molecular weight is 423 g/mol. The Bertz CT molecular complexity index is 563. The zero-order chi connectivity index (χ0) is 22.1. The Labute approximate surface area is 183 Å². The lowest BCUT2D eigenvalue weighted by molar-refractivity contribution is -0.193. The van der Waals surface area contributed by atoms with Crippen LogP contribution in [0.2, 0.25) is 18.1 Å². The first-order valence-corrected chi connectivity index (χ1v) is 14.9. The van der Waals surface area contributed by atoms with Crippen molar-refractivity contribution in [3.05, 3.63) is 11.6 Å². The third-order valence-corrected chi connectivity index (χ3v) is 13.9. The van der Waals surface area contributed by atoms with E-state index in [1.807, 2.05) is 0 Å². The Morgan fingerprint density at radius 1 is 1.00 bits per heavy atom. The third-order valence-electron chi connectivity index (χ3n) is 9.29. The predicted molar refractivity (Wildman–Crippen MR) is 129 cm³/mol. The van der Waals surface area contributed by atoms with Crippen LogP contribution in [0.3, 0.4) is 0 Å². The molecule has 170 valence electrons. The number of fused-ring (bicyclic) bond motifs is 1. The van der Waals surface area contributed by atoms with E-state index in [1.165, 1.54) is 30.1 Å². The molecule has 5 atom stereocenters. The second kappa shape index (κ2) is 9.16. The van der Waals surface area contributed by atoms with E-state index >= 15 is 0 Å². The maximum atomic E-state index is 11.4. The fraction of sp³-hybridized carbons (Fsp3) is 0.923. The molecule has 2 aliphatic carbocycles. The van der Waals surface area contributed by atoms with E-state index in [4.69, 9.17) is 4.43 Å². The maximum Gasteiger partial charge on any atom is 0.192 e. The Morgan fingerprint density at radius 2 is 1.59 bits per heavy atom.